The number of hydrogen-bond donors (Lipinski definition) is 1. The van der Waals surface area contributed by atoms with Crippen LogP contribution in [-0.2, 0) is 0 Å². The molecule has 18 heavy (non-hydrogen) atoms. The fraction of sp³-hybridized carbons (Fsp3) is 0.286. The largest absolute Gasteiger partial charge is 0.478 e. The second-order valence-corrected chi connectivity index (χ2v) is 4.77. The van der Waals surface area contributed by atoms with Gasteiger partial charge in [0.25, 0.3) is 0 Å². The van der Waals surface area contributed by atoms with E-state index in [0.717, 1.165) is 24.2 Å². The van der Waals surface area contributed by atoms with Crippen molar-refractivity contribution < 1.29 is 9.90 Å². The van der Waals surface area contributed by atoms with Crippen LogP contribution in [0.3, 0.4) is 0 Å². The Kier molecular flexibility index (Phi) is 2.44. The van der Waals surface area contributed by atoms with Gasteiger partial charge in [-0.2, -0.15) is 5.10 Å². The third-order valence-electron chi connectivity index (χ3n) is 3.28. The Labute approximate surface area is 105 Å². The van der Waals surface area contributed by atoms with E-state index in [1.165, 1.54) is 11.8 Å². The number of aryl methyl sites for hydroxylation is 1. The van der Waals surface area contributed by atoms with Gasteiger partial charge in [0.05, 0.1) is 17.6 Å². The zero-order valence-corrected chi connectivity index (χ0v) is 10.1. The van der Waals surface area contributed by atoms with Gasteiger partial charge < -0.3 is 5.11 Å². The van der Waals surface area contributed by atoms with Gasteiger partial charge in [0.1, 0.15) is 5.56 Å². The van der Waals surface area contributed by atoms with Crippen LogP contribution in [0, 0.1) is 6.92 Å². The molecule has 1 aliphatic carbocycles. The van der Waals surface area contributed by atoms with Crippen molar-refractivity contribution in [3.8, 4) is 5.69 Å². The first-order chi connectivity index (χ1) is 8.66. The average Bonchev–Trinajstić information content (AvgIpc) is 3.09. The molecule has 0 unspecified atom stereocenters. The van der Waals surface area contributed by atoms with Crippen LogP contribution in [-0.4, -0.2) is 20.9 Å². The van der Waals surface area contributed by atoms with Gasteiger partial charge in [-0.25, -0.2) is 9.48 Å². The molecule has 92 valence electrons. The SMILES string of the molecule is Cc1ccc(-n2ncc(C(=O)O)c2C2CC2)cc1. The second kappa shape index (κ2) is 3.98. The summed E-state index contributed by atoms with van der Waals surface area (Å²) in [6.07, 6.45) is 3.56. The molecule has 4 nitrogen and oxygen atoms in total. The van der Waals surface area contributed by atoms with Gasteiger partial charge in [0.2, 0.25) is 0 Å². The van der Waals surface area contributed by atoms with Crippen molar-refractivity contribution in [2.75, 3.05) is 0 Å². The maximum atomic E-state index is 11.2. The quantitative estimate of drug-likeness (QED) is 0.900. The van der Waals surface area contributed by atoms with Crippen LogP contribution < -0.4 is 0 Å². The van der Waals surface area contributed by atoms with Gasteiger partial charge in [-0.15, -0.1) is 0 Å². The Morgan fingerprint density at radius 1 is 1.33 bits per heavy atom. The maximum absolute atomic E-state index is 11.2. The molecule has 1 aliphatic rings. The highest BCUT2D eigenvalue weighted by Gasteiger charge is 2.32. The van der Waals surface area contributed by atoms with Crippen molar-refractivity contribution >= 4 is 5.97 Å². The minimum Gasteiger partial charge on any atom is -0.478 e. The number of aromatic carboxylic acids is 1. The molecule has 3 rings (SSSR count). The molecule has 1 saturated carbocycles. The molecule has 0 saturated heterocycles. The van der Waals surface area contributed by atoms with Gasteiger partial charge in [0, 0.05) is 5.92 Å². The number of carboxylic acid groups (broad SMARTS) is 1. The number of rotatable bonds is 3. The summed E-state index contributed by atoms with van der Waals surface area (Å²) in [5, 5.41) is 13.4. The number of aromatic nitrogens is 2. The highest BCUT2D eigenvalue weighted by atomic mass is 16.4. The summed E-state index contributed by atoms with van der Waals surface area (Å²) in [5.41, 5.74) is 3.27. The molecule has 0 radical (unpaired) electrons. The lowest BCUT2D eigenvalue weighted by molar-refractivity contribution is 0.0695. The van der Waals surface area contributed by atoms with Crippen LogP contribution in [0.25, 0.3) is 5.69 Å². The lowest BCUT2D eigenvalue weighted by atomic mass is 10.1. The smallest absolute Gasteiger partial charge is 0.339 e. The van der Waals surface area contributed by atoms with Crippen molar-refractivity contribution in [2.24, 2.45) is 0 Å². The first-order valence-electron chi connectivity index (χ1n) is 6.05. The highest BCUT2D eigenvalue weighted by molar-refractivity contribution is 5.89. The van der Waals surface area contributed by atoms with E-state index in [2.05, 4.69) is 5.10 Å². The zero-order valence-electron chi connectivity index (χ0n) is 10.1. The summed E-state index contributed by atoms with van der Waals surface area (Å²) in [7, 11) is 0. The summed E-state index contributed by atoms with van der Waals surface area (Å²) in [6, 6.07) is 7.96. The Hall–Kier alpha value is -2.10. The Bertz CT molecular complexity index is 595. The number of nitrogens with zero attached hydrogens (tertiary/aromatic N) is 2. The molecule has 1 aromatic heterocycles. The lowest BCUT2D eigenvalue weighted by Gasteiger charge is -2.07. The van der Waals surface area contributed by atoms with Gasteiger partial charge >= 0.3 is 5.97 Å². The van der Waals surface area contributed by atoms with Crippen molar-refractivity contribution in [3.05, 3.63) is 47.3 Å². The normalized spacial score (nSPS) is 14.7. The van der Waals surface area contributed by atoms with E-state index in [0.29, 0.717) is 11.5 Å². The minimum atomic E-state index is -0.893. The molecular weight excluding hydrogens is 228 g/mol. The van der Waals surface area contributed by atoms with Crippen LogP contribution in [0.4, 0.5) is 0 Å². The molecule has 1 heterocycles. The summed E-state index contributed by atoms with van der Waals surface area (Å²) in [5.74, 6) is -0.546. The summed E-state index contributed by atoms with van der Waals surface area (Å²) in [6.45, 7) is 2.03. The average molecular weight is 242 g/mol. The van der Waals surface area contributed by atoms with Gasteiger partial charge in [-0.1, -0.05) is 17.7 Å². The first kappa shape index (κ1) is 11.0. The summed E-state index contributed by atoms with van der Waals surface area (Å²) in [4.78, 5) is 11.2. The van der Waals surface area contributed by atoms with E-state index < -0.39 is 5.97 Å². The van der Waals surface area contributed by atoms with Crippen molar-refractivity contribution in [2.45, 2.75) is 25.7 Å². The Morgan fingerprint density at radius 2 is 2.00 bits per heavy atom. The van der Waals surface area contributed by atoms with Gasteiger partial charge in [0.15, 0.2) is 0 Å². The van der Waals surface area contributed by atoms with Crippen LogP contribution in [0.5, 0.6) is 0 Å². The van der Waals surface area contributed by atoms with Crippen LogP contribution in [0.2, 0.25) is 0 Å². The Morgan fingerprint density at radius 3 is 2.56 bits per heavy atom. The summed E-state index contributed by atoms with van der Waals surface area (Å²) < 4.78 is 1.76. The van der Waals surface area contributed by atoms with Crippen molar-refractivity contribution in [1.29, 1.82) is 0 Å². The number of carboxylic acids is 1. The van der Waals surface area contributed by atoms with E-state index in [-0.39, 0.29) is 0 Å². The predicted octanol–water partition coefficient (Wildman–Crippen LogP) is 2.76. The Balaban J connectivity index is 2.11. The zero-order chi connectivity index (χ0) is 12.7. The van der Waals surface area contributed by atoms with Gasteiger partial charge in [-0.05, 0) is 31.9 Å². The number of benzene rings is 1. The molecule has 0 aliphatic heterocycles. The first-order valence-corrected chi connectivity index (χ1v) is 6.05. The maximum Gasteiger partial charge on any atom is 0.339 e. The molecule has 2 aromatic rings. The second-order valence-electron chi connectivity index (χ2n) is 4.77. The molecule has 4 heteroatoms. The lowest BCUT2D eigenvalue weighted by Crippen LogP contribution is -2.05. The molecule has 1 N–H and O–H groups in total. The van der Waals surface area contributed by atoms with Crippen LogP contribution in [0.15, 0.2) is 30.5 Å². The number of hydrogen-bond acceptors (Lipinski definition) is 2. The van der Waals surface area contributed by atoms with E-state index in [1.807, 2.05) is 31.2 Å². The predicted molar refractivity (Wildman–Crippen MR) is 67.2 cm³/mol. The topological polar surface area (TPSA) is 55.1 Å². The van der Waals surface area contributed by atoms with Crippen LogP contribution in [0.1, 0.15) is 40.4 Å². The van der Waals surface area contributed by atoms with E-state index in [9.17, 15) is 9.90 Å². The third-order valence-corrected chi connectivity index (χ3v) is 3.28. The standard InChI is InChI=1S/C14H14N2O2/c1-9-2-6-11(7-3-9)16-13(10-4-5-10)12(8-15-16)14(17)18/h2-3,6-8,10H,4-5H2,1H3,(H,17,18). The molecule has 1 fully saturated rings. The molecule has 0 amide bonds. The highest BCUT2D eigenvalue weighted by Crippen LogP contribution is 2.42. The molecule has 0 spiro atoms. The van der Waals surface area contributed by atoms with Gasteiger partial charge in [-0.3, -0.25) is 0 Å². The molecule has 1 aromatic carbocycles. The van der Waals surface area contributed by atoms with E-state index >= 15 is 0 Å². The molecular formula is C14H14N2O2. The van der Waals surface area contributed by atoms with E-state index in [4.69, 9.17) is 0 Å². The van der Waals surface area contributed by atoms with Crippen molar-refractivity contribution in [3.63, 3.8) is 0 Å². The molecule has 0 atom stereocenters. The van der Waals surface area contributed by atoms with Crippen LogP contribution >= 0.6 is 0 Å². The molecule has 0 bridgehead atoms. The van der Waals surface area contributed by atoms with E-state index in [1.54, 1.807) is 4.68 Å². The monoisotopic (exact) mass is 242 g/mol. The summed E-state index contributed by atoms with van der Waals surface area (Å²) >= 11 is 0. The minimum absolute atomic E-state index is 0.332. The third kappa shape index (κ3) is 1.79. The fourth-order valence-electron chi connectivity index (χ4n) is 2.16. The number of carbonyl (C=O) groups is 1. The van der Waals surface area contributed by atoms with Crippen molar-refractivity contribution in [1.82, 2.24) is 9.78 Å². The fourth-order valence-corrected chi connectivity index (χ4v) is 2.16.